The Labute approximate surface area is 132 Å². The third-order valence-electron chi connectivity index (χ3n) is 3.66. The number of benzene rings is 2. The van der Waals surface area contributed by atoms with Gasteiger partial charge in [-0.25, -0.2) is 0 Å². The highest BCUT2D eigenvalue weighted by Gasteiger charge is 2.10. The average Bonchev–Trinajstić information content (AvgIpc) is 2.49. The van der Waals surface area contributed by atoms with Crippen LogP contribution in [0.2, 0.25) is 0 Å². The summed E-state index contributed by atoms with van der Waals surface area (Å²) in [5.41, 5.74) is 4.45. The predicted molar refractivity (Wildman–Crippen MR) is 89.1 cm³/mol. The smallest absolute Gasteiger partial charge is 0.258 e. The van der Waals surface area contributed by atoms with Crippen molar-refractivity contribution in [3.63, 3.8) is 0 Å². The molecule has 0 saturated carbocycles. The summed E-state index contributed by atoms with van der Waals surface area (Å²) in [5.74, 6) is 0.645. The van der Waals surface area contributed by atoms with Gasteiger partial charge in [0.15, 0.2) is 6.61 Å². The molecule has 2 rings (SSSR count). The van der Waals surface area contributed by atoms with Crippen LogP contribution in [-0.2, 0) is 4.79 Å². The van der Waals surface area contributed by atoms with E-state index in [4.69, 9.17) is 4.74 Å². The summed E-state index contributed by atoms with van der Waals surface area (Å²) in [4.78, 5) is 12.0. The number of aryl methyl sites for hydroxylation is 3. The van der Waals surface area contributed by atoms with E-state index in [1.54, 1.807) is 0 Å². The molecule has 3 nitrogen and oxygen atoms in total. The number of ether oxygens (including phenoxy) is 1. The van der Waals surface area contributed by atoms with Crippen molar-refractivity contribution in [3.05, 3.63) is 64.7 Å². The molecule has 1 N–H and O–H groups in total. The molecule has 22 heavy (non-hydrogen) atoms. The summed E-state index contributed by atoms with van der Waals surface area (Å²) in [6, 6.07) is 14.1. The molecule has 116 valence electrons. The predicted octanol–water partition coefficient (Wildman–Crippen LogP) is 3.87. The number of hydrogen-bond donors (Lipinski definition) is 1. The lowest BCUT2D eigenvalue weighted by Gasteiger charge is -2.15. The Hall–Kier alpha value is -2.29. The Morgan fingerprint density at radius 2 is 1.68 bits per heavy atom. The van der Waals surface area contributed by atoms with E-state index in [0.717, 1.165) is 22.4 Å². The number of rotatable bonds is 5. The average molecular weight is 297 g/mol. The van der Waals surface area contributed by atoms with Crippen molar-refractivity contribution in [2.24, 2.45) is 0 Å². The highest BCUT2D eigenvalue weighted by atomic mass is 16.5. The first kappa shape index (κ1) is 16.1. The van der Waals surface area contributed by atoms with Crippen LogP contribution >= 0.6 is 0 Å². The second-order valence-electron chi connectivity index (χ2n) is 5.76. The standard InChI is InChI=1S/C19H23NO2/c1-13-6-9-17(10-7-13)16(4)20-19(21)12-22-18-11-14(2)5-8-15(18)3/h5-11,16H,12H2,1-4H3,(H,20,21)/t16-/m1/s1. The van der Waals surface area contributed by atoms with Gasteiger partial charge in [-0.2, -0.15) is 0 Å². The second-order valence-corrected chi connectivity index (χ2v) is 5.76. The van der Waals surface area contributed by atoms with Gasteiger partial charge < -0.3 is 10.1 Å². The Bertz CT molecular complexity index is 647. The first-order chi connectivity index (χ1) is 10.5. The molecule has 0 fully saturated rings. The van der Waals surface area contributed by atoms with Crippen LogP contribution in [0.4, 0.5) is 0 Å². The van der Waals surface area contributed by atoms with Gasteiger partial charge in [0.25, 0.3) is 5.91 Å². The monoisotopic (exact) mass is 297 g/mol. The molecule has 2 aromatic rings. The molecule has 1 amide bonds. The summed E-state index contributed by atoms with van der Waals surface area (Å²) in [7, 11) is 0. The highest BCUT2D eigenvalue weighted by molar-refractivity contribution is 5.78. The molecule has 0 aromatic heterocycles. The molecule has 0 bridgehead atoms. The van der Waals surface area contributed by atoms with Gasteiger partial charge in [0.1, 0.15) is 5.75 Å². The van der Waals surface area contributed by atoms with E-state index in [2.05, 4.69) is 5.32 Å². The zero-order valence-corrected chi connectivity index (χ0v) is 13.6. The minimum atomic E-state index is -0.117. The van der Waals surface area contributed by atoms with E-state index in [0.29, 0.717) is 0 Å². The number of carbonyl (C=O) groups is 1. The molecular formula is C19H23NO2. The molecule has 0 unspecified atom stereocenters. The van der Waals surface area contributed by atoms with Crippen molar-refractivity contribution in [1.29, 1.82) is 0 Å². The SMILES string of the molecule is Cc1ccc([C@@H](C)NC(=O)COc2cc(C)ccc2C)cc1. The van der Waals surface area contributed by atoms with Gasteiger partial charge in [0.05, 0.1) is 6.04 Å². The zero-order valence-electron chi connectivity index (χ0n) is 13.6. The van der Waals surface area contributed by atoms with E-state index in [1.165, 1.54) is 5.56 Å². The second kappa shape index (κ2) is 7.12. The van der Waals surface area contributed by atoms with E-state index >= 15 is 0 Å². The van der Waals surface area contributed by atoms with Crippen molar-refractivity contribution in [1.82, 2.24) is 5.32 Å². The topological polar surface area (TPSA) is 38.3 Å². The number of amides is 1. The van der Waals surface area contributed by atoms with E-state index in [1.807, 2.05) is 70.2 Å². The van der Waals surface area contributed by atoms with Crippen molar-refractivity contribution in [2.45, 2.75) is 33.7 Å². The largest absolute Gasteiger partial charge is 0.483 e. The van der Waals surface area contributed by atoms with Crippen LogP contribution in [0.3, 0.4) is 0 Å². The van der Waals surface area contributed by atoms with Crippen LogP contribution in [0.25, 0.3) is 0 Å². The maximum Gasteiger partial charge on any atom is 0.258 e. The van der Waals surface area contributed by atoms with Gasteiger partial charge in [-0.3, -0.25) is 4.79 Å². The lowest BCUT2D eigenvalue weighted by molar-refractivity contribution is -0.123. The Morgan fingerprint density at radius 1 is 1.05 bits per heavy atom. The number of carbonyl (C=O) groups excluding carboxylic acids is 1. The third kappa shape index (κ3) is 4.35. The van der Waals surface area contributed by atoms with Crippen LogP contribution in [0.5, 0.6) is 5.75 Å². The van der Waals surface area contributed by atoms with Crippen LogP contribution < -0.4 is 10.1 Å². The fourth-order valence-electron chi connectivity index (χ4n) is 2.23. The maximum absolute atomic E-state index is 12.0. The van der Waals surface area contributed by atoms with Crippen molar-refractivity contribution in [2.75, 3.05) is 6.61 Å². The minimum Gasteiger partial charge on any atom is -0.483 e. The third-order valence-corrected chi connectivity index (χ3v) is 3.66. The molecule has 0 aliphatic carbocycles. The van der Waals surface area contributed by atoms with Crippen LogP contribution in [-0.4, -0.2) is 12.5 Å². The Kier molecular flexibility index (Phi) is 5.21. The molecule has 0 heterocycles. The first-order valence-electron chi connectivity index (χ1n) is 7.51. The van der Waals surface area contributed by atoms with Gasteiger partial charge >= 0.3 is 0 Å². The van der Waals surface area contributed by atoms with Gasteiger partial charge in [-0.15, -0.1) is 0 Å². The van der Waals surface area contributed by atoms with E-state index < -0.39 is 0 Å². The van der Waals surface area contributed by atoms with Gasteiger partial charge in [-0.1, -0.05) is 42.0 Å². The summed E-state index contributed by atoms with van der Waals surface area (Å²) in [6.45, 7) is 8.03. The Balaban J connectivity index is 1.90. The van der Waals surface area contributed by atoms with Gasteiger partial charge in [0.2, 0.25) is 0 Å². The maximum atomic E-state index is 12.0. The van der Waals surface area contributed by atoms with Crippen molar-refractivity contribution < 1.29 is 9.53 Å². The molecule has 0 aliphatic rings. The van der Waals surface area contributed by atoms with Crippen LogP contribution in [0.1, 0.15) is 35.2 Å². The van der Waals surface area contributed by atoms with Crippen LogP contribution in [0, 0.1) is 20.8 Å². The summed E-state index contributed by atoms with van der Waals surface area (Å²) in [5, 5.41) is 2.96. The van der Waals surface area contributed by atoms with Gasteiger partial charge in [0, 0.05) is 0 Å². The lowest BCUT2D eigenvalue weighted by Crippen LogP contribution is -2.31. The summed E-state index contributed by atoms with van der Waals surface area (Å²) in [6.07, 6.45) is 0. The molecule has 0 spiro atoms. The molecule has 2 aromatic carbocycles. The van der Waals surface area contributed by atoms with Crippen molar-refractivity contribution >= 4 is 5.91 Å². The van der Waals surface area contributed by atoms with Crippen LogP contribution in [0.15, 0.2) is 42.5 Å². The minimum absolute atomic E-state index is 0.0283. The summed E-state index contributed by atoms with van der Waals surface area (Å²) < 4.78 is 5.62. The Morgan fingerprint density at radius 3 is 2.36 bits per heavy atom. The molecule has 0 radical (unpaired) electrons. The quantitative estimate of drug-likeness (QED) is 0.910. The molecule has 1 atom stereocenters. The van der Waals surface area contributed by atoms with E-state index in [-0.39, 0.29) is 18.6 Å². The molecular weight excluding hydrogens is 274 g/mol. The molecule has 3 heteroatoms. The highest BCUT2D eigenvalue weighted by Crippen LogP contribution is 2.19. The number of nitrogens with one attached hydrogen (secondary N) is 1. The first-order valence-corrected chi connectivity index (χ1v) is 7.51. The normalized spacial score (nSPS) is 11.8. The fraction of sp³-hybridized carbons (Fsp3) is 0.316. The van der Waals surface area contributed by atoms with Gasteiger partial charge in [-0.05, 0) is 50.5 Å². The zero-order chi connectivity index (χ0) is 16.1. The fourth-order valence-corrected chi connectivity index (χ4v) is 2.23. The summed E-state index contributed by atoms with van der Waals surface area (Å²) >= 11 is 0. The molecule has 0 aliphatic heterocycles. The van der Waals surface area contributed by atoms with Crippen molar-refractivity contribution in [3.8, 4) is 5.75 Å². The lowest BCUT2D eigenvalue weighted by atomic mass is 10.1. The molecule has 0 saturated heterocycles. The van der Waals surface area contributed by atoms with E-state index in [9.17, 15) is 4.79 Å². The number of hydrogen-bond acceptors (Lipinski definition) is 2.